The van der Waals surface area contributed by atoms with Crippen LogP contribution in [-0.4, -0.2) is 29.0 Å². The fraction of sp³-hybridized carbons (Fsp3) is 0.385. The molecule has 1 heterocycles. The number of para-hydroxylation sites is 1. The van der Waals surface area contributed by atoms with Gasteiger partial charge < -0.3 is 4.74 Å². The van der Waals surface area contributed by atoms with Crippen molar-refractivity contribution in [2.45, 2.75) is 11.6 Å². The number of ether oxygens (including phenoxy) is 1. The quantitative estimate of drug-likeness (QED) is 0.471. The van der Waals surface area contributed by atoms with Crippen molar-refractivity contribution in [1.82, 2.24) is 9.55 Å². The normalized spacial score (nSPS) is 11.0. The number of rotatable bonds is 5. The molecule has 0 saturated carbocycles. The van der Waals surface area contributed by atoms with Gasteiger partial charge in [0.2, 0.25) is 0 Å². The Hall–Kier alpha value is -1.33. The monoisotopic (exact) mass is 264 g/mol. The van der Waals surface area contributed by atoms with E-state index in [2.05, 4.69) is 4.98 Å². The molecule has 0 atom stereocenters. The molecule has 1 aromatic heterocycles. The van der Waals surface area contributed by atoms with Gasteiger partial charge in [-0.2, -0.15) is 0 Å². The Labute approximate surface area is 110 Å². The summed E-state index contributed by atoms with van der Waals surface area (Å²) in [4.78, 5) is 16.6. The van der Waals surface area contributed by atoms with E-state index < -0.39 is 0 Å². The second-order valence-electron chi connectivity index (χ2n) is 3.97. The number of hydrogen-bond acceptors (Lipinski definition) is 4. The summed E-state index contributed by atoms with van der Waals surface area (Å²) in [7, 11) is 3.45. The summed E-state index contributed by atoms with van der Waals surface area (Å²) < 4.78 is 6.61. The highest BCUT2D eigenvalue weighted by Gasteiger charge is 2.07. The Balaban J connectivity index is 2.28. The van der Waals surface area contributed by atoms with Crippen LogP contribution in [-0.2, 0) is 11.8 Å². The Morgan fingerprint density at radius 3 is 2.94 bits per heavy atom. The zero-order chi connectivity index (χ0) is 13.0. The van der Waals surface area contributed by atoms with Crippen LogP contribution in [0.4, 0.5) is 0 Å². The minimum Gasteiger partial charge on any atom is -0.385 e. The van der Waals surface area contributed by atoms with Crippen molar-refractivity contribution in [3.63, 3.8) is 0 Å². The lowest BCUT2D eigenvalue weighted by Crippen LogP contribution is -2.20. The molecule has 96 valence electrons. The lowest BCUT2D eigenvalue weighted by molar-refractivity contribution is 0.200. The van der Waals surface area contributed by atoms with Crippen LogP contribution in [0.1, 0.15) is 6.42 Å². The molecular weight excluding hydrogens is 248 g/mol. The van der Waals surface area contributed by atoms with E-state index >= 15 is 0 Å². The summed E-state index contributed by atoms with van der Waals surface area (Å²) in [6.07, 6.45) is 0.948. The molecular formula is C13H16N2O2S. The average Bonchev–Trinajstić information content (AvgIpc) is 2.40. The summed E-state index contributed by atoms with van der Waals surface area (Å²) in [5.41, 5.74) is 0.768. The zero-order valence-electron chi connectivity index (χ0n) is 10.5. The third-order valence-corrected chi connectivity index (χ3v) is 3.78. The minimum absolute atomic E-state index is 0.00911. The first-order valence-electron chi connectivity index (χ1n) is 5.81. The number of benzene rings is 1. The Morgan fingerprint density at radius 1 is 1.39 bits per heavy atom. The predicted molar refractivity (Wildman–Crippen MR) is 74.2 cm³/mol. The first-order valence-corrected chi connectivity index (χ1v) is 6.80. The van der Waals surface area contributed by atoms with Gasteiger partial charge in [0.25, 0.3) is 5.56 Å². The number of fused-ring (bicyclic) bond motifs is 1. The van der Waals surface area contributed by atoms with Gasteiger partial charge in [-0.25, -0.2) is 4.98 Å². The zero-order valence-corrected chi connectivity index (χ0v) is 11.4. The van der Waals surface area contributed by atoms with Gasteiger partial charge in [-0.3, -0.25) is 9.36 Å². The Morgan fingerprint density at radius 2 is 2.17 bits per heavy atom. The average molecular weight is 264 g/mol. The van der Waals surface area contributed by atoms with Gasteiger partial charge in [-0.05, 0) is 18.6 Å². The van der Waals surface area contributed by atoms with Crippen molar-refractivity contribution >= 4 is 22.7 Å². The van der Waals surface area contributed by atoms with Crippen molar-refractivity contribution in [3.8, 4) is 0 Å². The molecule has 0 bridgehead atoms. The van der Waals surface area contributed by atoms with E-state index in [1.54, 1.807) is 30.5 Å². The Kier molecular flexibility index (Phi) is 4.38. The van der Waals surface area contributed by atoms with Crippen LogP contribution in [0, 0.1) is 0 Å². The van der Waals surface area contributed by atoms with Gasteiger partial charge in [0, 0.05) is 26.5 Å². The molecule has 0 aliphatic rings. The number of methoxy groups -OCH3 is 1. The van der Waals surface area contributed by atoms with Crippen LogP contribution in [0.25, 0.3) is 10.9 Å². The number of hydrogen-bond donors (Lipinski definition) is 0. The molecule has 2 rings (SSSR count). The summed E-state index contributed by atoms with van der Waals surface area (Å²) in [5.74, 6) is 0.895. The highest BCUT2D eigenvalue weighted by Crippen LogP contribution is 2.17. The van der Waals surface area contributed by atoms with E-state index in [-0.39, 0.29) is 5.56 Å². The van der Waals surface area contributed by atoms with Gasteiger partial charge in [-0.1, -0.05) is 23.9 Å². The fourth-order valence-corrected chi connectivity index (χ4v) is 2.58. The van der Waals surface area contributed by atoms with Gasteiger partial charge >= 0.3 is 0 Å². The lowest BCUT2D eigenvalue weighted by atomic mass is 10.2. The van der Waals surface area contributed by atoms with Crippen molar-refractivity contribution in [3.05, 3.63) is 34.6 Å². The van der Waals surface area contributed by atoms with E-state index in [4.69, 9.17) is 4.74 Å². The van der Waals surface area contributed by atoms with Crippen LogP contribution >= 0.6 is 11.8 Å². The van der Waals surface area contributed by atoms with E-state index in [1.807, 2.05) is 24.3 Å². The van der Waals surface area contributed by atoms with Crippen molar-refractivity contribution < 1.29 is 4.74 Å². The second-order valence-corrected chi connectivity index (χ2v) is 5.03. The molecule has 0 aliphatic heterocycles. The van der Waals surface area contributed by atoms with E-state index in [0.29, 0.717) is 5.39 Å². The van der Waals surface area contributed by atoms with E-state index in [0.717, 1.165) is 29.5 Å². The van der Waals surface area contributed by atoms with E-state index in [9.17, 15) is 4.79 Å². The van der Waals surface area contributed by atoms with Crippen LogP contribution in [0.2, 0.25) is 0 Å². The molecule has 0 amide bonds. The van der Waals surface area contributed by atoms with Crippen molar-refractivity contribution in [2.24, 2.45) is 7.05 Å². The van der Waals surface area contributed by atoms with Crippen molar-refractivity contribution in [2.75, 3.05) is 19.5 Å². The van der Waals surface area contributed by atoms with Crippen LogP contribution in [0.3, 0.4) is 0 Å². The SMILES string of the molecule is COCCCSc1nc2ccccc2c(=O)n1C. The molecule has 0 N–H and O–H groups in total. The molecule has 1 aromatic carbocycles. The lowest BCUT2D eigenvalue weighted by Gasteiger charge is -2.08. The second kappa shape index (κ2) is 6.02. The minimum atomic E-state index is 0.00911. The highest BCUT2D eigenvalue weighted by molar-refractivity contribution is 7.99. The largest absolute Gasteiger partial charge is 0.385 e. The Bertz CT molecular complexity index is 595. The molecule has 0 aliphatic carbocycles. The molecule has 0 saturated heterocycles. The highest BCUT2D eigenvalue weighted by atomic mass is 32.2. The maximum Gasteiger partial charge on any atom is 0.261 e. The molecule has 0 spiro atoms. The van der Waals surface area contributed by atoms with Gasteiger partial charge in [-0.15, -0.1) is 0 Å². The molecule has 0 unspecified atom stereocenters. The maximum absolute atomic E-state index is 12.1. The summed E-state index contributed by atoms with van der Waals surface area (Å²) in [6, 6.07) is 7.44. The van der Waals surface area contributed by atoms with Crippen molar-refractivity contribution in [1.29, 1.82) is 0 Å². The number of aromatic nitrogens is 2. The summed E-state index contributed by atoms with van der Waals surface area (Å²) in [5, 5.41) is 1.43. The number of thioether (sulfide) groups is 1. The molecule has 0 fully saturated rings. The van der Waals surface area contributed by atoms with Gasteiger partial charge in [0.15, 0.2) is 5.16 Å². The molecule has 4 nitrogen and oxygen atoms in total. The van der Waals surface area contributed by atoms with Crippen LogP contribution < -0.4 is 5.56 Å². The summed E-state index contributed by atoms with van der Waals surface area (Å²) >= 11 is 1.59. The van der Waals surface area contributed by atoms with E-state index in [1.165, 1.54) is 0 Å². The first-order chi connectivity index (χ1) is 8.74. The third kappa shape index (κ3) is 2.73. The van der Waals surface area contributed by atoms with Crippen LogP contribution in [0.5, 0.6) is 0 Å². The predicted octanol–water partition coefficient (Wildman–Crippen LogP) is 2.06. The van der Waals surface area contributed by atoms with Crippen LogP contribution in [0.15, 0.2) is 34.2 Å². The number of nitrogens with zero attached hydrogens (tertiary/aromatic N) is 2. The topological polar surface area (TPSA) is 44.1 Å². The molecule has 0 radical (unpaired) electrons. The first kappa shape index (κ1) is 13.1. The smallest absolute Gasteiger partial charge is 0.261 e. The molecule has 2 aromatic rings. The molecule has 18 heavy (non-hydrogen) atoms. The molecule has 5 heteroatoms. The maximum atomic E-state index is 12.1. The third-order valence-electron chi connectivity index (χ3n) is 2.67. The van der Waals surface area contributed by atoms with Gasteiger partial charge in [0.05, 0.1) is 10.9 Å². The standard InChI is InChI=1S/C13H16N2O2S/c1-15-12(16)10-6-3-4-7-11(10)14-13(15)18-9-5-8-17-2/h3-4,6-7H,5,8-9H2,1-2H3. The summed E-state index contributed by atoms with van der Waals surface area (Å²) in [6.45, 7) is 0.731. The fourth-order valence-electron chi connectivity index (χ4n) is 1.69. The van der Waals surface area contributed by atoms with Gasteiger partial charge in [0.1, 0.15) is 0 Å².